The van der Waals surface area contributed by atoms with Crippen LogP contribution < -0.4 is 0 Å². The molecule has 0 aromatic carbocycles. The number of hydrogen-bond acceptors (Lipinski definition) is 0. The zero-order valence-corrected chi connectivity index (χ0v) is 14.6. The molecule has 0 aromatic rings. The van der Waals surface area contributed by atoms with E-state index in [0.29, 0.717) is 0 Å². The molecule has 0 aliphatic heterocycles. The van der Waals surface area contributed by atoms with E-state index < -0.39 is 0 Å². The van der Waals surface area contributed by atoms with Gasteiger partial charge >= 0.3 is 0 Å². The molecule has 0 N–H and O–H groups in total. The molecule has 2 fully saturated rings. The molecule has 0 bridgehead atoms. The van der Waals surface area contributed by atoms with Gasteiger partial charge in [-0.2, -0.15) is 0 Å². The van der Waals surface area contributed by atoms with E-state index in [4.69, 9.17) is 0 Å². The Labute approximate surface area is 134 Å². The molecular weight excluding hydrogens is 252 g/mol. The molecular formula is C21H40. The van der Waals surface area contributed by atoms with Gasteiger partial charge in [0.05, 0.1) is 0 Å². The van der Waals surface area contributed by atoms with Crippen molar-refractivity contribution in [2.24, 2.45) is 5.41 Å². The minimum absolute atomic E-state index is 0.787. The van der Waals surface area contributed by atoms with Gasteiger partial charge in [0.25, 0.3) is 0 Å². The van der Waals surface area contributed by atoms with Crippen LogP contribution >= 0.6 is 0 Å². The molecule has 2 aliphatic rings. The van der Waals surface area contributed by atoms with Gasteiger partial charge in [0.15, 0.2) is 0 Å². The molecule has 2 rings (SSSR count). The second kappa shape index (κ2) is 10.7. The summed E-state index contributed by atoms with van der Waals surface area (Å²) in [6, 6.07) is 0. The maximum atomic E-state index is 1.56. The van der Waals surface area contributed by atoms with Crippen LogP contribution in [-0.2, 0) is 0 Å². The number of rotatable bonds is 0. The lowest BCUT2D eigenvalue weighted by Gasteiger charge is -2.38. The van der Waals surface area contributed by atoms with Gasteiger partial charge in [-0.05, 0) is 31.1 Å². The molecule has 0 heterocycles. The molecule has 2 aliphatic carbocycles. The normalized spacial score (nSPS) is 27.4. The predicted molar refractivity (Wildman–Crippen MR) is 94.8 cm³/mol. The molecule has 0 atom stereocenters. The van der Waals surface area contributed by atoms with Crippen LogP contribution in [0.1, 0.15) is 128 Å². The standard InChI is InChI=1S/C21H40/c1-2-4-6-8-10-13-17-21(19-15-12-16-20-21)18-14-11-9-7-5-3-1/h1-20H2. The Kier molecular flexibility index (Phi) is 8.83. The van der Waals surface area contributed by atoms with Gasteiger partial charge in [-0.3, -0.25) is 0 Å². The Morgan fingerprint density at radius 2 is 0.429 bits per heavy atom. The van der Waals surface area contributed by atoms with Gasteiger partial charge in [-0.1, -0.05) is 103 Å². The summed E-state index contributed by atoms with van der Waals surface area (Å²) >= 11 is 0. The first-order chi connectivity index (χ1) is 10.4. The molecule has 1 spiro atoms. The Morgan fingerprint density at radius 1 is 0.238 bits per heavy atom. The van der Waals surface area contributed by atoms with E-state index in [1.807, 2.05) is 0 Å². The molecule has 0 radical (unpaired) electrons. The fourth-order valence-electron chi connectivity index (χ4n) is 4.87. The minimum Gasteiger partial charge on any atom is -0.0533 e. The Bertz CT molecular complexity index is 218. The van der Waals surface area contributed by atoms with Crippen molar-refractivity contribution < 1.29 is 0 Å². The van der Waals surface area contributed by atoms with E-state index >= 15 is 0 Å². The van der Waals surface area contributed by atoms with Crippen molar-refractivity contribution in [3.63, 3.8) is 0 Å². The Morgan fingerprint density at radius 3 is 0.714 bits per heavy atom. The van der Waals surface area contributed by atoms with Crippen molar-refractivity contribution in [2.45, 2.75) is 128 Å². The number of hydrogen-bond donors (Lipinski definition) is 0. The molecule has 21 heavy (non-hydrogen) atoms. The third kappa shape index (κ3) is 7.20. The first-order valence-electron chi connectivity index (χ1n) is 10.4. The summed E-state index contributed by atoms with van der Waals surface area (Å²) in [4.78, 5) is 0. The first kappa shape index (κ1) is 17.4. The average Bonchev–Trinajstić information content (AvgIpc) is 2.51. The maximum absolute atomic E-state index is 1.56. The van der Waals surface area contributed by atoms with Crippen LogP contribution in [0.2, 0.25) is 0 Å². The van der Waals surface area contributed by atoms with Crippen molar-refractivity contribution in [2.75, 3.05) is 0 Å². The van der Waals surface area contributed by atoms with Gasteiger partial charge in [0.1, 0.15) is 0 Å². The lowest BCUT2D eigenvalue weighted by atomic mass is 9.68. The predicted octanol–water partition coefficient (Wildman–Crippen LogP) is 7.80. The molecule has 2 saturated carbocycles. The average molecular weight is 293 g/mol. The van der Waals surface area contributed by atoms with Crippen molar-refractivity contribution in [1.82, 2.24) is 0 Å². The second-order valence-electron chi connectivity index (χ2n) is 8.16. The molecule has 124 valence electrons. The van der Waals surface area contributed by atoms with Crippen LogP contribution in [0.5, 0.6) is 0 Å². The van der Waals surface area contributed by atoms with Gasteiger partial charge < -0.3 is 0 Å². The van der Waals surface area contributed by atoms with E-state index in [1.165, 1.54) is 103 Å². The lowest BCUT2D eigenvalue weighted by Crippen LogP contribution is -2.24. The monoisotopic (exact) mass is 292 g/mol. The smallest absolute Gasteiger partial charge is 0.0297 e. The highest BCUT2D eigenvalue weighted by Gasteiger charge is 2.30. The SMILES string of the molecule is C1CCCCCCCC2(CCCCCCC1)CCCCC2. The minimum atomic E-state index is 0.787. The molecule has 0 unspecified atom stereocenters. The highest BCUT2D eigenvalue weighted by Crippen LogP contribution is 2.44. The van der Waals surface area contributed by atoms with Crippen LogP contribution in [-0.4, -0.2) is 0 Å². The van der Waals surface area contributed by atoms with Gasteiger partial charge in [-0.15, -0.1) is 0 Å². The largest absolute Gasteiger partial charge is 0.0533 e. The second-order valence-corrected chi connectivity index (χ2v) is 8.16. The summed E-state index contributed by atoms with van der Waals surface area (Å²) < 4.78 is 0. The molecule has 0 aromatic heterocycles. The van der Waals surface area contributed by atoms with Crippen LogP contribution in [0.25, 0.3) is 0 Å². The highest BCUT2D eigenvalue weighted by molar-refractivity contribution is 4.82. The molecule has 0 nitrogen and oxygen atoms in total. The molecule has 0 saturated heterocycles. The Balaban J connectivity index is 1.75. The van der Waals surface area contributed by atoms with E-state index in [2.05, 4.69) is 0 Å². The van der Waals surface area contributed by atoms with Gasteiger partial charge in [0, 0.05) is 0 Å². The summed E-state index contributed by atoms with van der Waals surface area (Å²) in [6.45, 7) is 0. The van der Waals surface area contributed by atoms with Crippen LogP contribution in [0.15, 0.2) is 0 Å². The molecule has 0 amide bonds. The van der Waals surface area contributed by atoms with Crippen molar-refractivity contribution in [1.29, 1.82) is 0 Å². The van der Waals surface area contributed by atoms with Crippen molar-refractivity contribution in [3.8, 4) is 0 Å². The van der Waals surface area contributed by atoms with Crippen LogP contribution in [0.4, 0.5) is 0 Å². The summed E-state index contributed by atoms with van der Waals surface area (Å²) in [5.41, 5.74) is 0.787. The lowest BCUT2D eigenvalue weighted by molar-refractivity contribution is 0.146. The topological polar surface area (TPSA) is 0 Å². The third-order valence-electron chi connectivity index (χ3n) is 6.33. The summed E-state index contributed by atoms with van der Waals surface area (Å²) in [6.07, 6.45) is 30.5. The summed E-state index contributed by atoms with van der Waals surface area (Å²) in [5, 5.41) is 0. The van der Waals surface area contributed by atoms with E-state index in [9.17, 15) is 0 Å². The maximum Gasteiger partial charge on any atom is -0.0297 e. The quantitative estimate of drug-likeness (QED) is 0.427. The summed E-state index contributed by atoms with van der Waals surface area (Å²) in [5.74, 6) is 0. The molecule has 0 heteroatoms. The summed E-state index contributed by atoms with van der Waals surface area (Å²) in [7, 11) is 0. The fourth-order valence-corrected chi connectivity index (χ4v) is 4.87. The van der Waals surface area contributed by atoms with E-state index in [0.717, 1.165) is 5.41 Å². The first-order valence-corrected chi connectivity index (χ1v) is 10.4. The van der Waals surface area contributed by atoms with Crippen LogP contribution in [0.3, 0.4) is 0 Å². The third-order valence-corrected chi connectivity index (χ3v) is 6.33. The fraction of sp³-hybridized carbons (Fsp3) is 1.00. The van der Waals surface area contributed by atoms with Crippen molar-refractivity contribution in [3.05, 3.63) is 0 Å². The van der Waals surface area contributed by atoms with E-state index in [-0.39, 0.29) is 0 Å². The highest BCUT2D eigenvalue weighted by atomic mass is 14.4. The van der Waals surface area contributed by atoms with Gasteiger partial charge in [0.2, 0.25) is 0 Å². The zero-order chi connectivity index (χ0) is 14.6. The van der Waals surface area contributed by atoms with Gasteiger partial charge in [-0.25, -0.2) is 0 Å². The van der Waals surface area contributed by atoms with Crippen LogP contribution in [0, 0.1) is 5.41 Å². The Hall–Kier alpha value is 0. The van der Waals surface area contributed by atoms with Crippen molar-refractivity contribution >= 4 is 0 Å². The van der Waals surface area contributed by atoms with E-state index in [1.54, 1.807) is 25.7 Å². The zero-order valence-electron chi connectivity index (χ0n) is 14.6.